The van der Waals surface area contributed by atoms with Gasteiger partial charge in [-0.15, -0.1) is 0 Å². The van der Waals surface area contributed by atoms with Crippen LogP contribution in [0.3, 0.4) is 0 Å². The zero-order valence-electron chi connectivity index (χ0n) is 15.8. The van der Waals surface area contributed by atoms with Crippen molar-refractivity contribution in [3.63, 3.8) is 0 Å². The number of ether oxygens (including phenoxy) is 2. The topological polar surface area (TPSA) is 72.9 Å². The summed E-state index contributed by atoms with van der Waals surface area (Å²) in [4.78, 5) is 38.7. The van der Waals surface area contributed by atoms with E-state index in [4.69, 9.17) is 21.1 Å². The first-order valence-corrected chi connectivity index (χ1v) is 9.98. The Balaban J connectivity index is 1.83. The number of thioether (sulfide) groups is 1. The first-order valence-electron chi connectivity index (χ1n) is 8.78. The van der Waals surface area contributed by atoms with Crippen molar-refractivity contribution >= 4 is 46.4 Å². The number of methoxy groups -OCH3 is 1. The van der Waals surface area contributed by atoms with Gasteiger partial charge in [-0.25, -0.2) is 0 Å². The molecule has 0 aliphatic carbocycles. The fraction of sp³-hybridized carbons (Fsp3) is 0.190. The molecule has 0 atom stereocenters. The summed E-state index contributed by atoms with van der Waals surface area (Å²) in [5.41, 5.74) is 0.990. The first-order chi connectivity index (χ1) is 13.9. The third-order valence-corrected chi connectivity index (χ3v) is 5.31. The zero-order valence-corrected chi connectivity index (χ0v) is 17.4. The van der Waals surface area contributed by atoms with Gasteiger partial charge in [0.1, 0.15) is 0 Å². The fourth-order valence-corrected chi connectivity index (χ4v) is 3.71. The first kappa shape index (κ1) is 21.0. The van der Waals surface area contributed by atoms with E-state index in [-0.39, 0.29) is 17.2 Å². The SMILES string of the molecule is CCOc1c(/C=C2/SC(=O)N(CC(=O)c3ccc(Cl)cc3)C2=O)cccc1OC. The average molecular weight is 432 g/mol. The maximum Gasteiger partial charge on any atom is 0.293 e. The van der Waals surface area contributed by atoms with E-state index in [1.165, 1.54) is 7.11 Å². The summed E-state index contributed by atoms with van der Waals surface area (Å²) < 4.78 is 10.9. The predicted molar refractivity (Wildman–Crippen MR) is 113 cm³/mol. The number of amides is 2. The number of benzene rings is 2. The normalized spacial score (nSPS) is 15.1. The Hall–Kier alpha value is -2.77. The summed E-state index contributed by atoms with van der Waals surface area (Å²) in [5, 5.41) is 0.00321. The minimum absolute atomic E-state index is 0.216. The quantitative estimate of drug-likeness (QED) is 0.468. The summed E-state index contributed by atoms with van der Waals surface area (Å²) in [6, 6.07) is 11.6. The summed E-state index contributed by atoms with van der Waals surface area (Å²) in [6.45, 7) is 1.92. The van der Waals surface area contributed by atoms with Crippen molar-refractivity contribution in [3.05, 3.63) is 63.5 Å². The number of rotatable bonds is 7. The van der Waals surface area contributed by atoms with Crippen molar-refractivity contribution in [1.29, 1.82) is 0 Å². The molecule has 8 heteroatoms. The van der Waals surface area contributed by atoms with Crippen molar-refractivity contribution < 1.29 is 23.9 Å². The fourth-order valence-electron chi connectivity index (χ4n) is 2.75. The molecule has 0 N–H and O–H groups in total. The molecule has 2 aromatic carbocycles. The summed E-state index contributed by atoms with van der Waals surface area (Å²) in [7, 11) is 1.53. The van der Waals surface area contributed by atoms with Crippen LogP contribution in [0.1, 0.15) is 22.8 Å². The number of Topliss-reactive ketones (excluding diaryl/α,β-unsaturated/α-hetero) is 1. The monoisotopic (exact) mass is 431 g/mol. The Morgan fingerprint density at radius 2 is 1.90 bits per heavy atom. The molecule has 0 spiro atoms. The Kier molecular flexibility index (Phi) is 6.61. The van der Waals surface area contributed by atoms with E-state index in [1.807, 2.05) is 6.92 Å². The van der Waals surface area contributed by atoms with Gasteiger partial charge >= 0.3 is 0 Å². The summed E-state index contributed by atoms with van der Waals surface area (Å²) in [6.07, 6.45) is 1.57. The van der Waals surface area contributed by atoms with Crippen LogP contribution in [0.4, 0.5) is 4.79 Å². The van der Waals surface area contributed by atoms with E-state index < -0.39 is 11.1 Å². The van der Waals surface area contributed by atoms with Crippen LogP contribution in [0.5, 0.6) is 11.5 Å². The van der Waals surface area contributed by atoms with Crippen LogP contribution in [0, 0.1) is 0 Å². The predicted octanol–water partition coefficient (Wildman–Crippen LogP) is 4.67. The number of para-hydroxylation sites is 1. The van der Waals surface area contributed by atoms with Gasteiger partial charge < -0.3 is 9.47 Å². The van der Waals surface area contributed by atoms with Crippen LogP contribution in [0.15, 0.2) is 47.4 Å². The second-order valence-electron chi connectivity index (χ2n) is 6.01. The molecule has 3 rings (SSSR count). The van der Waals surface area contributed by atoms with Crippen LogP contribution in [-0.2, 0) is 4.79 Å². The minimum Gasteiger partial charge on any atom is -0.493 e. The molecule has 0 bridgehead atoms. The number of nitrogens with zero attached hydrogens (tertiary/aromatic N) is 1. The maximum atomic E-state index is 12.7. The second-order valence-corrected chi connectivity index (χ2v) is 7.44. The minimum atomic E-state index is -0.521. The van der Waals surface area contributed by atoms with E-state index >= 15 is 0 Å². The molecule has 1 saturated heterocycles. The van der Waals surface area contributed by atoms with E-state index in [1.54, 1.807) is 48.5 Å². The van der Waals surface area contributed by atoms with E-state index in [9.17, 15) is 14.4 Å². The smallest absolute Gasteiger partial charge is 0.293 e. The van der Waals surface area contributed by atoms with Gasteiger partial charge in [-0.3, -0.25) is 19.3 Å². The Bertz CT molecular complexity index is 987. The molecular formula is C21H18ClNO5S. The third kappa shape index (κ3) is 4.63. The molecule has 1 heterocycles. The lowest BCUT2D eigenvalue weighted by Gasteiger charge is -2.12. The van der Waals surface area contributed by atoms with Crippen molar-refractivity contribution in [1.82, 2.24) is 4.90 Å². The number of hydrogen-bond acceptors (Lipinski definition) is 6. The molecule has 6 nitrogen and oxygen atoms in total. The standard InChI is InChI=1S/C21H18ClNO5S/c1-3-28-19-14(5-4-6-17(19)27-2)11-18-20(25)23(21(26)29-18)12-16(24)13-7-9-15(22)10-8-13/h4-11H,3,12H2,1-2H3/b18-11+. The second kappa shape index (κ2) is 9.15. The van der Waals surface area contributed by atoms with Gasteiger partial charge in [-0.1, -0.05) is 23.7 Å². The lowest BCUT2D eigenvalue weighted by Crippen LogP contribution is -2.33. The number of carbonyl (C=O) groups excluding carboxylic acids is 3. The number of hydrogen-bond donors (Lipinski definition) is 0. The molecule has 1 aliphatic rings. The highest BCUT2D eigenvalue weighted by Gasteiger charge is 2.36. The van der Waals surface area contributed by atoms with Crippen LogP contribution in [-0.4, -0.2) is 42.1 Å². The van der Waals surface area contributed by atoms with E-state index in [0.717, 1.165) is 16.7 Å². The zero-order chi connectivity index (χ0) is 21.0. The molecule has 2 amide bonds. The highest BCUT2D eigenvalue weighted by molar-refractivity contribution is 8.18. The largest absolute Gasteiger partial charge is 0.493 e. The van der Waals surface area contributed by atoms with Crippen LogP contribution in [0.2, 0.25) is 5.02 Å². The van der Waals surface area contributed by atoms with Gasteiger partial charge in [-0.2, -0.15) is 0 Å². The van der Waals surface area contributed by atoms with Crippen LogP contribution < -0.4 is 9.47 Å². The highest BCUT2D eigenvalue weighted by atomic mass is 35.5. The Morgan fingerprint density at radius 1 is 1.17 bits per heavy atom. The van der Waals surface area contributed by atoms with E-state index in [0.29, 0.717) is 34.3 Å². The number of carbonyl (C=O) groups is 3. The molecule has 0 unspecified atom stereocenters. The van der Waals surface area contributed by atoms with Crippen molar-refractivity contribution in [2.24, 2.45) is 0 Å². The van der Waals surface area contributed by atoms with Gasteiger partial charge in [0.25, 0.3) is 11.1 Å². The number of ketones is 1. The highest BCUT2D eigenvalue weighted by Crippen LogP contribution is 2.37. The summed E-state index contributed by atoms with van der Waals surface area (Å²) in [5.74, 6) is 0.147. The molecule has 0 saturated carbocycles. The van der Waals surface area contributed by atoms with Crippen molar-refractivity contribution in [3.8, 4) is 11.5 Å². The lowest BCUT2D eigenvalue weighted by molar-refractivity contribution is -0.122. The summed E-state index contributed by atoms with van der Waals surface area (Å²) >= 11 is 6.61. The molecule has 0 radical (unpaired) electrons. The third-order valence-electron chi connectivity index (χ3n) is 4.15. The molecule has 1 fully saturated rings. The molecular weight excluding hydrogens is 414 g/mol. The molecule has 1 aliphatic heterocycles. The van der Waals surface area contributed by atoms with Gasteiger partial charge in [0, 0.05) is 16.1 Å². The van der Waals surface area contributed by atoms with Crippen molar-refractivity contribution in [2.75, 3.05) is 20.3 Å². The Morgan fingerprint density at radius 3 is 2.55 bits per heavy atom. The molecule has 2 aromatic rings. The average Bonchev–Trinajstić information content (AvgIpc) is 2.97. The number of imide groups is 1. The van der Waals surface area contributed by atoms with Gasteiger partial charge in [0.15, 0.2) is 17.3 Å². The van der Waals surface area contributed by atoms with Crippen molar-refractivity contribution in [2.45, 2.75) is 6.92 Å². The maximum absolute atomic E-state index is 12.7. The van der Waals surface area contributed by atoms with Gasteiger partial charge in [0.2, 0.25) is 0 Å². The van der Waals surface area contributed by atoms with Crippen LogP contribution >= 0.6 is 23.4 Å². The molecule has 150 valence electrons. The molecule has 0 aromatic heterocycles. The van der Waals surface area contributed by atoms with Gasteiger partial charge in [0.05, 0.1) is 25.2 Å². The van der Waals surface area contributed by atoms with Gasteiger partial charge in [-0.05, 0) is 55.1 Å². The lowest BCUT2D eigenvalue weighted by atomic mass is 10.1. The molecule has 29 heavy (non-hydrogen) atoms. The van der Waals surface area contributed by atoms with Crippen LogP contribution in [0.25, 0.3) is 6.08 Å². The Labute approximate surface area is 177 Å². The van der Waals surface area contributed by atoms with E-state index in [2.05, 4.69) is 0 Å². The number of halogens is 1.